The third-order valence-electron chi connectivity index (χ3n) is 1.98. The average molecular weight is 230 g/mol. The van der Waals surface area contributed by atoms with E-state index in [1.807, 2.05) is 13.8 Å². The van der Waals surface area contributed by atoms with Crippen molar-refractivity contribution < 1.29 is 14.7 Å². The predicted octanol–water partition coefficient (Wildman–Crippen LogP) is 0.744. The molecule has 3 N–H and O–H groups in total. The van der Waals surface area contributed by atoms with E-state index < -0.39 is 11.5 Å². The molecule has 0 unspecified atom stereocenters. The van der Waals surface area contributed by atoms with Crippen LogP contribution in [0.3, 0.4) is 0 Å². The van der Waals surface area contributed by atoms with E-state index in [4.69, 9.17) is 5.11 Å². The smallest absolute Gasteiger partial charge is 0.305 e. The molecule has 0 aromatic rings. The number of rotatable bonds is 7. The van der Waals surface area contributed by atoms with Crippen LogP contribution in [0.1, 0.15) is 40.5 Å². The zero-order valence-electron chi connectivity index (χ0n) is 10.5. The lowest BCUT2D eigenvalue weighted by Gasteiger charge is -2.24. The van der Waals surface area contributed by atoms with Gasteiger partial charge in [-0.25, -0.2) is 0 Å². The van der Waals surface area contributed by atoms with Gasteiger partial charge < -0.3 is 15.7 Å². The van der Waals surface area contributed by atoms with Crippen molar-refractivity contribution in [1.82, 2.24) is 10.6 Å². The van der Waals surface area contributed by atoms with Crippen molar-refractivity contribution in [3.8, 4) is 0 Å². The fourth-order valence-electron chi connectivity index (χ4n) is 1.34. The number of aliphatic carboxylic acids is 1. The Kier molecular flexibility index (Phi) is 6.03. The minimum absolute atomic E-state index is 0.0731. The Bertz CT molecular complexity index is 250. The van der Waals surface area contributed by atoms with Crippen LogP contribution in [0.25, 0.3) is 0 Å². The van der Waals surface area contributed by atoms with E-state index in [1.165, 1.54) is 0 Å². The second-order valence-electron chi connectivity index (χ2n) is 4.86. The topological polar surface area (TPSA) is 78.4 Å². The van der Waals surface area contributed by atoms with Gasteiger partial charge in [0.05, 0.1) is 6.42 Å². The summed E-state index contributed by atoms with van der Waals surface area (Å²) in [7, 11) is 0. The lowest BCUT2D eigenvalue weighted by atomic mass is 10.0. The van der Waals surface area contributed by atoms with E-state index in [0.717, 1.165) is 0 Å². The van der Waals surface area contributed by atoms with E-state index in [9.17, 15) is 9.59 Å². The number of carboxylic acids is 1. The first-order valence-electron chi connectivity index (χ1n) is 5.49. The van der Waals surface area contributed by atoms with E-state index in [-0.39, 0.29) is 12.3 Å². The van der Waals surface area contributed by atoms with Crippen molar-refractivity contribution in [3.63, 3.8) is 0 Å². The highest BCUT2D eigenvalue weighted by molar-refractivity contribution is 5.78. The number of carbonyl (C=O) groups excluding carboxylic acids is 1. The van der Waals surface area contributed by atoms with Gasteiger partial charge in [-0.05, 0) is 13.8 Å². The Morgan fingerprint density at radius 1 is 1.31 bits per heavy atom. The fraction of sp³-hybridized carbons (Fsp3) is 0.818. The molecule has 0 aliphatic heterocycles. The average Bonchev–Trinajstić information content (AvgIpc) is 1.98. The fourth-order valence-corrected chi connectivity index (χ4v) is 1.34. The molecule has 0 rings (SSSR count). The summed E-state index contributed by atoms with van der Waals surface area (Å²) in [5.41, 5.74) is -0.694. The third-order valence-corrected chi connectivity index (χ3v) is 1.98. The number of carboxylic acid groups (broad SMARTS) is 1. The lowest BCUT2D eigenvalue weighted by Crippen LogP contribution is -2.45. The molecule has 0 aromatic heterocycles. The van der Waals surface area contributed by atoms with Gasteiger partial charge in [0.2, 0.25) is 5.91 Å². The molecule has 0 bridgehead atoms. The molecule has 0 aromatic carbocycles. The maximum Gasteiger partial charge on any atom is 0.305 e. The summed E-state index contributed by atoms with van der Waals surface area (Å²) in [5.74, 6) is -1.04. The van der Waals surface area contributed by atoms with Crippen LogP contribution in [0.5, 0.6) is 0 Å². The highest BCUT2D eigenvalue weighted by atomic mass is 16.4. The van der Waals surface area contributed by atoms with Gasteiger partial charge in [0.1, 0.15) is 0 Å². The maximum atomic E-state index is 11.5. The summed E-state index contributed by atoms with van der Waals surface area (Å²) in [6, 6.07) is 0.347. The monoisotopic (exact) mass is 230 g/mol. The summed E-state index contributed by atoms with van der Waals surface area (Å²) in [5, 5.41) is 14.5. The van der Waals surface area contributed by atoms with Crippen LogP contribution in [0.2, 0.25) is 0 Å². The van der Waals surface area contributed by atoms with Crippen molar-refractivity contribution in [2.75, 3.05) is 6.54 Å². The molecule has 5 nitrogen and oxygen atoms in total. The predicted molar refractivity (Wildman–Crippen MR) is 62.2 cm³/mol. The number of hydrogen-bond acceptors (Lipinski definition) is 3. The van der Waals surface area contributed by atoms with Crippen LogP contribution in [-0.4, -0.2) is 35.1 Å². The Morgan fingerprint density at radius 3 is 2.31 bits per heavy atom. The molecule has 0 saturated heterocycles. The van der Waals surface area contributed by atoms with Crippen molar-refractivity contribution in [1.29, 1.82) is 0 Å². The molecule has 0 spiro atoms. The molecule has 5 heteroatoms. The standard InChI is InChI=1S/C11H22N2O3/c1-8(2)12-6-5-9(14)13-11(3,4)7-10(15)16/h8,12H,5-7H2,1-4H3,(H,13,14)(H,15,16). The molecule has 0 heterocycles. The zero-order valence-corrected chi connectivity index (χ0v) is 10.5. The third kappa shape index (κ3) is 8.23. The SMILES string of the molecule is CC(C)NCCC(=O)NC(C)(C)CC(=O)O. The number of hydrogen-bond donors (Lipinski definition) is 3. The molecular weight excluding hydrogens is 208 g/mol. The van der Waals surface area contributed by atoms with Crippen LogP contribution < -0.4 is 10.6 Å². The molecule has 16 heavy (non-hydrogen) atoms. The molecule has 0 fully saturated rings. The van der Waals surface area contributed by atoms with E-state index in [0.29, 0.717) is 19.0 Å². The van der Waals surface area contributed by atoms with Crippen molar-refractivity contribution in [2.24, 2.45) is 0 Å². The molecule has 0 atom stereocenters. The summed E-state index contributed by atoms with van der Waals surface area (Å²) >= 11 is 0. The first-order chi connectivity index (χ1) is 7.23. The molecule has 0 aliphatic carbocycles. The number of amides is 1. The highest BCUT2D eigenvalue weighted by Gasteiger charge is 2.23. The van der Waals surface area contributed by atoms with Gasteiger partial charge in [-0.3, -0.25) is 9.59 Å². The molecule has 0 aliphatic rings. The molecule has 0 radical (unpaired) electrons. The quantitative estimate of drug-likeness (QED) is 0.603. The lowest BCUT2D eigenvalue weighted by molar-refractivity contribution is -0.138. The van der Waals surface area contributed by atoms with Crippen molar-refractivity contribution >= 4 is 11.9 Å². The van der Waals surface area contributed by atoms with Crippen LogP contribution in [-0.2, 0) is 9.59 Å². The van der Waals surface area contributed by atoms with Crippen molar-refractivity contribution in [2.45, 2.75) is 52.1 Å². The molecular formula is C11H22N2O3. The van der Waals surface area contributed by atoms with Crippen LogP contribution in [0, 0.1) is 0 Å². The normalized spacial score (nSPS) is 11.6. The molecule has 1 amide bonds. The van der Waals surface area contributed by atoms with Gasteiger partial charge >= 0.3 is 5.97 Å². The number of carbonyl (C=O) groups is 2. The number of nitrogens with one attached hydrogen (secondary N) is 2. The minimum Gasteiger partial charge on any atom is -0.481 e. The summed E-state index contributed by atoms with van der Waals surface area (Å²) < 4.78 is 0. The van der Waals surface area contributed by atoms with E-state index in [2.05, 4.69) is 10.6 Å². The van der Waals surface area contributed by atoms with E-state index in [1.54, 1.807) is 13.8 Å². The van der Waals surface area contributed by atoms with Crippen molar-refractivity contribution in [3.05, 3.63) is 0 Å². The largest absolute Gasteiger partial charge is 0.481 e. The summed E-state index contributed by atoms with van der Waals surface area (Å²) in [4.78, 5) is 22.0. The van der Waals surface area contributed by atoms with Crippen LogP contribution >= 0.6 is 0 Å². The van der Waals surface area contributed by atoms with Crippen LogP contribution in [0.15, 0.2) is 0 Å². The highest BCUT2D eigenvalue weighted by Crippen LogP contribution is 2.08. The maximum absolute atomic E-state index is 11.5. The van der Waals surface area contributed by atoms with Gasteiger partial charge in [-0.2, -0.15) is 0 Å². The van der Waals surface area contributed by atoms with Gasteiger partial charge in [-0.15, -0.1) is 0 Å². The molecule has 94 valence electrons. The Balaban J connectivity index is 3.89. The minimum atomic E-state index is -0.911. The van der Waals surface area contributed by atoms with Crippen LogP contribution in [0.4, 0.5) is 0 Å². The first kappa shape index (κ1) is 14.9. The van der Waals surface area contributed by atoms with Gasteiger partial charge in [0.25, 0.3) is 0 Å². The second kappa shape index (κ2) is 6.48. The second-order valence-corrected chi connectivity index (χ2v) is 4.86. The van der Waals surface area contributed by atoms with Gasteiger partial charge in [0, 0.05) is 24.5 Å². The Hall–Kier alpha value is -1.10. The van der Waals surface area contributed by atoms with Gasteiger partial charge in [0.15, 0.2) is 0 Å². The Labute approximate surface area is 96.6 Å². The summed E-state index contributed by atoms with van der Waals surface area (Å²) in [6.45, 7) is 8.02. The Morgan fingerprint density at radius 2 is 1.88 bits per heavy atom. The van der Waals surface area contributed by atoms with Gasteiger partial charge in [-0.1, -0.05) is 13.8 Å². The van der Waals surface area contributed by atoms with E-state index >= 15 is 0 Å². The zero-order chi connectivity index (χ0) is 12.8. The summed E-state index contributed by atoms with van der Waals surface area (Å²) in [6.07, 6.45) is 0.289. The molecule has 0 saturated carbocycles. The first-order valence-corrected chi connectivity index (χ1v) is 5.49.